The zero-order valence-corrected chi connectivity index (χ0v) is 12.4. The maximum atomic E-state index is 10.7. The summed E-state index contributed by atoms with van der Waals surface area (Å²) in [5, 5.41) is 2.72. The monoisotopic (exact) mass is 286 g/mol. The first-order chi connectivity index (χ1) is 10.3. The molecular weight excluding hydrogens is 264 g/mol. The van der Waals surface area contributed by atoms with Crippen LogP contribution in [0.1, 0.15) is 37.9 Å². The molecule has 0 radical (unpaired) electrons. The van der Waals surface area contributed by atoms with Gasteiger partial charge in [0.25, 0.3) is 0 Å². The lowest BCUT2D eigenvalue weighted by Crippen LogP contribution is -2.33. The average molecular weight is 286 g/mol. The molecule has 2 aromatic rings. The summed E-state index contributed by atoms with van der Waals surface area (Å²) in [4.78, 5) is 21.4. The molecule has 1 aromatic carbocycles. The fourth-order valence-electron chi connectivity index (χ4n) is 3.17. The van der Waals surface area contributed by atoms with Gasteiger partial charge in [-0.15, -0.1) is 0 Å². The second-order valence-corrected chi connectivity index (χ2v) is 5.70. The third kappa shape index (κ3) is 2.93. The fourth-order valence-corrected chi connectivity index (χ4v) is 3.17. The Morgan fingerprint density at radius 1 is 1.43 bits per heavy atom. The first kappa shape index (κ1) is 14.1. The molecule has 2 heterocycles. The normalized spacial score (nSPS) is 17.2. The van der Waals surface area contributed by atoms with Crippen molar-refractivity contribution >= 4 is 23.1 Å². The fraction of sp³-hybridized carbons (Fsp3) is 0.500. The minimum Gasteiger partial charge on any atom is -0.342 e. The number of rotatable bonds is 5. The number of amides is 1. The van der Waals surface area contributed by atoms with Crippen molar-refractivity contribution in [2.24, 2.45) is 0 Å². The molecule has 2 N–H and O–H groups in total. The smallest absolute Gasteiger partial charge is 0.211 e. The third-order valence-corrected chi connectivity index (χ3v) is 4.26. The molecule has 1 amide bonds. The van der Waals surface area contributed by atoms with Gasteiger partial charge in [-0.1, -0.05) is 13.0 Å². The van der Waals surface area contributed by atoms with Crippen molar-refractivity contribution < 1.29 is 4.79 Å². The second kappa shape index (κ2) is 6.26. The summed E-state index contributed by atoms with van der Waals surface area (Å²) in [6.45, 7) is 5.72. The standard InChI is InChI=1S/C16H22N4O/c1-2-8-20-9-6-12(7-10-20)16-18-14-5-3-4-13(17-11-21)15(14)19-16/h3-5,11-12H,2,6-10H2,1H3,(H,17,21)(H,18,19). The Hall–Kier alpha value is -1.88. The van der Waals surface area contributed by atoms with Crippen LogP contribution in [0.25, 0.3) is 11.0 Å². The van der Waals surface area contributed by atoms with Crippen LogP contribution >= 0.6 is 0 Å². The Labute approximate surface area is 124 Å². The Balaban J connectivity index is 1.79. The summed E-state index contributed by atoms with van der Waals surface area (Å²) >= 11 is 0. The van der Waals surface area contributed by atoms with Gasteiger partial charge < -0.3 is 15.2 Å². The van der Waals surface area contributed by atoms with Crippen LogP contribution in [0.4, 0.5) is 5.69 Å². The lowest BCUT2D eigenvalue weighted by atomic mass is 9.96. The maximum Gasteiger partial charge on any atom is 0.211 e. The van der Waals surface area contributed by atoms with E-state index in [1.807, 2.05) is 18.2 Å². The summed E-state index contributed by atoms with van der Waals surface area (Å²) in [7, 11) is 0. The van der Waals surface area contributed by atoms with Gasteiger partial charge in [0.2, 0.25) is 6.41 Å². The number of carbonyl (C=O) groups excluding carboxylic acids is 1. The van der Waals surface area contributed by atoms with Crippen LogP contribution in [0.5, 0.6) is 0 Å². The predicted molar refractivity (Wildman–Crippen MR) is 84.5 cm³/mol. The van der Waals surface area contributed by atoms with Crippen molar-refractivity contribution in [3.8, 4) is 0 Å². The van der Waals surface area contributed by atoms with E-state index in [9.17, 15) is 4.79 Å². The highest BCUT2D eigenvalue weighted by Gasteiger charge is 2.23. The number of aromatic amines is 1. The Morgan fingerprint density at radius 2 is 2.24 bits per heavy atom. The zero-order valence-electron chi connectivity index (χ0n) is 12.4. The molecule has 0 aliphatic carbocycles. The van der Waals surface area contributed by atoms with E-state index in [1.165, 1.54) is 13.0 Å². The van der Waals surface area contributed by atoms with Crippen LogP contribution in [-0.4, -0.2) is 40.9 Å². The number of para-hydroxylation sites is 1. The van der Waals surface area contributed by atoms with Gasteiger partial charge in [-0.3, -0.25) is 4.79 Å². The van der Waals surface area contributed by atoms with Crippen LogP contribution in [-0.2, 0) is 4.79 Å². The lowest BCUT2D eigenvalue weighted by molar-refractivity contribution is -0.105. The van der Waals surface area contributed by atoms with Crippen molar-refractivity contribution in [3.63, 3.8) is 0 Å². The van der Waals surface area contributed by atoms with E-state index in [1.54, 1.807) is 0 Å². The first-order valence-corrected chi connectivity index (χ1v) is 7.73. The number of piperidine rings is 1. The van der Waals surface area contributed by atoms with Crippen LogP contribution < -0.4 is 5.32 Å². The highest BCUT2D eigenvalue weighted by molar-refractivity contribution is 5.92. The van der Waals surface area contributed by atoms with Crippen molar-refractivity contribution in [2.45, 2.75) is 32.1 Å². The van der Waals surface area contributed by atoms with E-state index in [-0.39, 0.29) is 0 Å². The van der Waals surface area contributed by atoms with Crippen molar-refractivity contribution in [3.05, 3.63) is 24.0 Å². The van der Waals surface area contributed by atoms with Gasteiger partial charge in [-0.25, -0.2) is 4.98 Å². The molecule has 0 spiro atoms. The van der Waals surface area contributed by atoms with Crippen LogP contribution in [0, 0.1) is 0 Å². The van der Waals surface area contributed by atoms with Gasteiger partial charge in [0.15, 0.2) is 0 Å². The number of nitrogens with zero attached hydrogens (tertiary/aromatic N) is 2. The summed E-state index contributed by atoms with van der Waals surface area (Å²) in [5.41, 5.74) is 2.62. The van der Waals surface area contributed by atoms with Crippen molar-refractivity contribution in [1.82, 2.24) is 14.9 Å². The molecule has 0 atom stereocenters. The van der Waals surface area contributed by atoms with Crippen molar-refractivity contribution in [1.29, 1.82) is 0 Å². The van der Waals surface area contributed by atoms with E-state index in [0.717, 1.165) is 48.5 Å². The predicted octanol–water partition coefficient (Wildman–Crippen LogP) is 2.72. The first-order valence-electron chi connectivity index (χ1n) is 7.73. The van der Waals surface area contributed by atoms with E-state index in [0.29, 0.717) is 12.3 Å². The highest BCUT2D eigenvalue weighted by Crippen LogP contribution is 2.29. The van der Waals surface area contributed by atoms with Crippen LogP contribution in [0.2, 0.25) is 0 Å². The topological polar surface area (TPSA) is 61.0 Å². The van der Waals surface area contributed by atoms with Gasteiger partial charge in [0, 0.05) is 5.92 Å². The van der Waals surface area contributed by atoms with Crippen LogP contribution in [0.15, 0.2) is 18.2 Å². The minimum absolute atomic E-state index is 0.495. The molecule has 112 valence electrons. The Kier molecular flexibility index (Phi) is 4.20. The SMILES string of the molecule is CCCN1CCC(c2nc3c(NC=O)cccc3[nH]2)CC1. The average Bonchev–Trinajstić information content (AvgIpc) is 2.94. The number of fused-ring (bicyclic) bond motifs is 1. The van der Waals surface area contributed by atoms with Gasteiger partial charge >= 0.3 is 0 Å². The molecule has 1 aromatic heterocycles. The number of carbonyl (C=O) groups is 1. The van der Waals surface area contributed by atoms with Gasteiger partial charge in [-0.2, -0.15) is 0 Å². The molecule has 1 aliphatic rings. The van der Waals surface area contributed by atoms with Gasteiger partial charge in [-0.05, 0) is 51.0 Å². The Bertz CT molecular complexity index is 614. The third-order valence-electron chi connectivity index (χ3n) is 4.26. The van der Waals surface area contributed by atoms with Gasteiger partial charge in [0.05, 0.1) is 11.2 Å². The number of benzene rings is 1. The number of likely N-dealkylation sites (tertiary alicyclic amines) is 1. The number of anilines is 1. The molecule has 1 saturated heterocycles. The molecule has 3 rings (SSSR count). The summed E-state index contributed by atoms with van der Waals surface area (Å²) in [5.74, 6) is 1.55. The lowest BCUT2D eigenvalue weighted by Gasteiger charge is -2.30. The van der Waals surface area contributed by atoms with E-state index in [4.69, 9.17) is 4.98 Å². The summed E-state index contributed by atoms with van der Waals surface area (Å²) in [6.07, 6.45) is 4.22. The largest absolute Gasteiger partial charge is 0.342 e. The number of nitrogens with one attached hydrogen (secondary N) is 2. The maximum absolute atomic E-state index is 10.7. The van der Waals surface area contributed by atoms with E-state index in [2.05, 4.69) is 22.1 Å². The van der Waals surface area contributed by atoms with E-state index >= 15 is 0 Å². The molecule has 5 nitrogen and oxygen atoms in total. The van der Waals surface area contributed by atoms with E-state index < -0.39 is 0 Å². The molecule has 1 aliphatic heterocycles. The number of hydrogen-bond donors (Lipinski definition) is 2. The quantitative estimate of drug-likeness (QED) is 0.831. The Morgan fingerprint density at radius 3 is 2.95 bits per heavy atom. The molecular formula is C16H22N4O. The number of imidazole rings is 1. The molecule has 0 unspecified atom stereocenters. The molecule has 1 fully saturated rings. The van der Waals surface area contributed by atoms with Crippen molar-refractivity contribution in [2.75, 3.05) is 25.0 Å². The number of hydrogen-bond acceptors (Lipinski definition) is 3. The second-order valence-electron chi connectivity index (χ2n) is 5.70. The number of H-pyrrole nitrogens is 1. The minimum atomic E-state index is 0.495. The molecule has 0 bridgehead atoms. The number of aromatic nitrogens is 2. The van der Waals surface area contributed by atoms with Crippen LogP contribution in [0.3, 0.4) is 0 Å². The zero-order chi connectivity index (χ0) is 14.7. The molecule has 0 saturated carbocycles. The molecule has 5 heteroatoms. The summed E-state index contributed by atoms with van der Waals surface area (Å²) in [6, 6.07) is 5.82. The summed E-state index contributed by atoms with van der Waals surface area (Å²) < 4.78 is 0. The van der Waals surface area contributed by atoms with Gasteiger partial charge in [0.1, 0.15) is 11.3 Å². The highest BCUT2D eigenvalue weighted by atomic mass is 16.1. The molecule has 21 heavy (non-hydrogen) atoms.